The summed E-state index contributed by atoms with van der Waals surface area (Å²) in [6.45, 7) is 5.79. The van der Waals surface area contributed by atoms with Gasteiger partial charge in [0.25, 0.3) is 0 Å². The Morgan fingerprint density at radius 3 is 2.76 bits per heavy atom. The second-order valence-electron chi connectivity index (χ2n) is 5.48. The summed E-state index contributed by atoms with van der Waals surface area (Å²) >= 11 is 0. The molecule has 94 valence electrons. The van der Waals surface area contributed by atoms with Crippen LogP contribution in [0.5, 0.6) is 5.75 Å². The Labute approximate surface area is 102 Å². The number of aromatic hydroxyl groups is 1. The van der Waals surface area contributed by atoms with Gasteiger partial charge in [-0.1, -0.05) is 12.1 Å². The molecule has 2 atom stereocenters. The average Bonchev–Trinajstić information content (AvgIpc) is 2.62. The molecule has 0 amide bonds. The lowest BCUT2D eigenvalue weighted by atomic mass is 9.96. The van der Waals surface area contributed by atoms with Crippen molar-refractivity contribution in [2.75, 3.05) is 0 Å². The maximum atomic E-state index is 9.78. The summed E-state index contributed by atoms with van der Waals surface area (Å²) in [7, 11) is 0. The van der Waals surface area contributed by atoms with Crippen molar-refractivity contribution in [2.45, 2.75) is 51.3 Å². The lowest BCUT2D eigenvalue weighted by Crippen LogP contribution is -2.49. The van der Waals surface area contributed by atoms with Crippen LogP contribution in [0.1, 0.15) is 44.4 Å². The van der Waals surface area contributed by atoms with Crippen LogP contribution in [0.3, 0.4) is 0 Å². The molecule has 0 aromatic heterocycles. The maximum absolute atomic E-state index is 9.78. The monoisotopic (exact) mass is 235 g/mol. The predicted molar refractivity (Wildman–Crippen MR) is 68.1 cm³/mol. The SMILES string of the molecule is CC(O)C(C)(C)NC1CCc2c(O)cccc21. The van der Waals surface area contributed by atoms with Crippen molar-refractivity contribution in [1.82, 2.24) is 5.32 Å². The third-order valence-corrected chi connectivity index (χ3v) is 3.84. The van der Waals surface area contributed by atoms with Gasteiger partial charge in [-0.15, -0.1) is 0 Å². The minimum atomic E-state index is -0.413. The lowest BCUT2D eigenvalue weighted by Gasteiger charge is -2.33. The van der Waals surface area contributed by atoms with Crippen LogP contribution in [0.15, 0.2) is 18.2 Å². The normalized spacial score (nSPS) is 21.3. The molecule has 0 fully saturated rings. The molecule has 0 heterocycles. The van der Waals surface area contributed by atoms with E-state index >= 15 is 0 Å². The van der Waals surface area contributed by atoms with Gasteiger partial charge in [0.2, 0.25) is 0 Å². The zero-order valence-corrected chi connectivity index (χ0v) is 10.7. The van der Waals surface area contributed by atoms with Crippen molar-refractivity contribution < 1.29 is 10.2 Å². The first-order chi connectivity index (χ1) is 7.92. The maximum Gasteiger partial charge on any atom is 0.119 e. The summed E-state index contributed by atoms with van der Waals surface area (Å²) < 4.78 is 0. The first kappa shape index (κ1) is 12.4. The number of phenolic OH excluding ortho intramolecular Hbond substituents is 1. The fraction of sp³-hybridized carbons (Fsp3) is 0.571. The minimum Gasteiger partial charge on any atom is -0.508 e. The van der Waals surface area contributed by atoms with Crippen LogP contribution in [0, 0.1) is 0 Å². The number of aliphatic hydroxyl groups is 1. The molecule has 1 aromatic rings. The zero-order chi connectivity index (χ0) is 12.6. The Bertz CT molecular complexity index is 413. The Morgan fingerprint density at radius 1 is 1.41 bits per heavy atom. The fourth-order valence-corrected chi connectivity index (χ4v) is 2.35. The zero-order valence-electron chi connectivity index (χ0n) is 10.7. The molecular formula is C14H21NO2. The third kappa shape index (κ3) is 2.31. The quantitative estimate of drug-likeness (QED) is 0.752. The van der Waals surface area contributed by atoms with Gasteiger partial charge in [0.05, 0.1) is 6.10 Å². The highest BCUT2D eigenvalue weighted by Crippen LogP contribution is 2.37. The molecule has 17 heavy (non-hydrogen) atoms. The molecular weight excluding hydrogens is 214 g/mol. The van der Waals surface area contributed by atoms with Gasteiger partial charge in [-0.2, -0.15) is 0 Å². The molecule has 2 unspecified atom stereocenters. The molecule has 3 heteroatoms. The largest absolute Gasteiger partial charge is 0.508 e. The predicted octanol–water partition coefficient (Wildman–Crippen LogP) is 2.13. The van der Waals surface area contributed by atoms with E-state index in [1.165, 1.54) is 5.56 Å². The van der Waals surface area contributed by atoms with Crippen molar-refractivity contribution in [2.24, 2.45) is 0 Å². The number of fused-ring (bicyclic) bond motifs is 1. The molecule has 0 radical (unpaired) electrons. The summed E-state index contributed by atoms with van der Waals surface area (Å²) in [4.78, 5) is 0. The van der Waals surface area contributed by atoms with E-state index in [2.05, 4.69) is 11.4 Å². The summed E-state index contributed by atoms with van der Waals surface area (Å²) in [5, 5.41) is 23.0. The van der Waals surface area contributed by atoms with Crippen LogP contribution >= 0.6 is 0 Å². The van der Waals surface area contributed by atoms with Crippen molar-refractivity contribution in [3.05, 3.63) is 29.3 Å². The Hall–Kier alpha value is -1.06. The molecule has 1 aromatic carbocycles. The van der Waals surface area contributed by atoms with Crippen LogP contribution in [0.2, 0.25) is 0 Å². The first-order valence-electron chi connectivity index (χ1n) is 6.18. The standard InChI is InChI=1S/C14H21NO2/c1-9(16)14(2,3)15-12-8-7-11-10(12)5-4-6-13(11)17/h4-6,9,12,15-17H,7-8H2,1-3H3. The van der Waals surface area contributed by atoms with Gasteiger partial charge in [-0.3, -0.25) is 0 Å². The highest BCUT2D eigenvalue weighted by Gasteiger charge is 2.31. The average molecular weight is 235 g/mol. The molecule has 0 aliphatic heterocycles. The molecule has 0 bridgehead atoms. The fourth-order valence-electron chi connectivity index (χ4n) is 2.35. The Balaban J connectivity index is 2.21. The van der Waals surface area contributed by atoms with Gasteiger partial charge in [-0.05, 0) is 50.8 Å². The molecule has 0 saturated heterocycles. The first-order valence-corrected chi connectivity index (χ1v) is 6.18. The minimum absolute atomic E-state index is 0.224. The van der Waals surface area contributed by atoms with Gasteiger partial charge >= 0.3 is 0 Å². The van der Waals surface area contributed by atoms with E-state index in [1.807, 2.05) is 19.9 Å². The highest BCUT2D eigenvalue weighted by atomic mass is 16.3. The highest BCUT2D eigenvalue weighted by molar-refractivity contribution is 5.44. The van der Waals surface area contributed by atoms with Crippen molar-refractivity contribution in [1.29, 1.82) is 0 Å². The van der Waals surface area contributed by atoms with E-state index in [-0.39, 0.29) is 11.6 Å². The van der Waals surface area contributed by atoms with Crippen LogP contribution in [0.25, 0.3) is 0 Å². The van der Waals surface area contributed by atoms with E-state index in [0.717, 1.165) is 18.4 Å². The van der Waals surface area contributed by atoms with Crippen molar-refractivity contribution in [3.63, 3.8) is 0 Å². The second kappa shape index (κ2) is 4.31. The Morgan fingerprint density at radius 2 is 2.12 bits per heavy atom. The summed E-state index contributed by atoms with van der Waals surface area (Å²) in [5.74, 6) is 0.390. The smallest absolute Gasteiger partial charge is 0.119 e. The van der Waals surface area contributed by atoms with Gasteiger partial charge in [-0.25, -0.2) is 0 Å². The summed E-state index contributed by atoms with van der Waals surface area (Å²) in [6, 6.07) is 5.89. The Kier molecular flexibility index (Phi) is 3.15. The van der Waals surface area contributed by atoms with Gasteiger partial charge in [0.1, 0.15) is 5.75 Å². The number of hydrogen-bond acceptors (Lipinski definition) is 3. The van der Waals surface area contributed by atoms with Crippen molar-refractivity contribution in [3.8, 4) is 5.75 Å². The number of rotatable bonds is 3. The second-order valence-corrected chi connectivity index (χ2v) is 5.48. The van der Waals surface area contributed by atoms with E-state index in [4.69, 9.17) is 0 Å². The van der Waals surface area contributed by atoms with Crippen LogP contribution in [-0.2, 0) is 6.42 Å². The van der Waals surface area contributed by atoms with Gasteiger partial charge in [0.15, 0.2) is 0 Å². The van der Waals surface area contributed by atoms with Crippen LogP contribution in [0.4, 0.5) is 0 Å². The third-order valence-electron chi connectivity index (χ3n) is 3.84. The van der Waals surface area contributed by atoms with E-state index in [1.54, 1.807) is 13.0 Å². The molecule has 2 rings (SSSR count). The summed E-state index contributed by atoms with van der Waals surface area (Å²) in [5.41, 5.74) is 1.89. The van der Waals surface area contributed by atoms with Gasteiger partial charge < -0.3 is 15.5 Å². The number of aliphatic hydroxyl groups excluding tert-OH is 1. The lowest BCUT2D eigenvalue weighted by molar-refractivity contribution is 0.0879. The molecule has 1 aliphatic carbocycles. The van der Waals surface area contributed by atoms with E-state index < -0.39 is 6.10 Å². The van der Waals surface area contributed by atoms with E-state index in [0.29, 0.717) is 5.75 Å². The molecule has 3 N–H and O–H groups in total. The van der Waals surface area contributed by atoms with E-state index in [9.17, 15) is 10.2 Å². The molecule has 3 nitrogen and oxygen atoms in total. The van der Waals surface area contributed by atoms with Crippen LogP contribution in [-0.4, -0.2) is 21.9 Å². The molecule has 0 spiro atoms. The molecule has 1 aliphatic rings. The van der Waals surface area contributed by atoms with Crippen LogP contribution < -0.4 is 5.32 Å². The topological polar surface area (TPSA) is 52.5 Å². The number of hydrogen-bond donors (Lipinski definition) is 3. The molecule has 0 saturated carbocycles. The number of benzene rings is 1. The summed E-state index contributed by atoms with van der Waals surface area (Å²) in [6.07, 6.45) is 1.46. The number of phenols is 1. The van der Waals surface area contributed by atoms with Gasteiger partial charge in [0, 0.05) is 11.6 Å². The van der Waals surface area contributed by atoms with Crippen molar-refractivity contribution >= 4 is 0 Å². The number of nitrogens with one attached hydrogen (secondary N) is 1.